The van der Waals surface area contributed by atoms with Crippen LogP contribution in [0.25, 0.3) is 0 Å². The molecule has 1 unspecified atom stereocenters. The van der Waals surface area contributed by atoms with Crippen LogP contribution in [0.2, 0.25) is 0 Å². The maximum Gasteiger partial charge on any atom is 0.0359 e. The van der Waals surface area contributed by atoms with Gasteiger partial charge in [0, 0.05) is 10.9 Å². The average Bonchev–Trinajstić information content (AvgIpc) is 2.56. The fourth-order valence-electron chi connectivity index (χ4n) is 3.68. The van der Waals surface area contributed by atoms with Gasteiger partial charge in [0.25, 0.3) is 0 Å². The summed E-state index contributed by atoms with van der Waals surface area (Å²) in [6.07, 6.45) is 10.4. The van der Waals surface area contributed by atoms with Crippen LogP contribution in [-0.4, -0.2) is 12.8 Å². The van der Waals surface area contributed by atoms with Crippen LogP contribution in [0.15, 0.2) is 29.2 Å². The quantitative estimate of drug-likeness (QED) is 0.652. The second kappa shape index (κ2) is 8.85. The predicted octanol–water partition coefficient (Wildman–Crippen LogP) is 5.67. The lowest BCUT2D eigenvalue weighted by atomic mass is 9.76. The van der Waals surface area contributed by atoms with Gasteiger partial charge in [0.1, 0.15) is 0 Å². The minimum absolute atomic E-state index is 0.548. The Balaban J connectivity index is 2.14. The molecule has 0 aromatic heterocycles. The van der Waals surface area contributed by atoms with Crippen LogP contribution in [-0.2, 0) is 0 Å². The summed E-state index contributed by atoms with van der Waals surface area (Å²) in [4.78, 5) is 1.45. The maximum absolute atomic E-state index is 3.85. The van der Waals surface area contributed by atoms with Gasteiger partial charge in [0.2, 0.25) is 0 Å². The van der Waals surface area contributed by atoms with E-state index in [1.807, 2.05) is 11.8 Å². The van der Waals surface area contributed by atoms with E-state index in [2.05, 4.69) is 49.7 Å². The van der Waals surface area contributed by atoms with Crippen LogP contribution < -0.4 is 5.32 Å². The van der Waals surface area contributed by atoms with Crippen molar-refractivity contribution < 1.29 is 0 Å². The molecule has 1 aromatic carbocycles. The third-order valence-electron chi connectivity index (χ3n) is 5.03. The number of hydrogen-bond donors (Lipinski definition) is 1. The molecular weight excluding hydrogens is 274 g/mol. The minimum atomic E-state index is 0.548. The monoisotopic (exact) mass is 305 g/mol. The van der Waals surface area contributed by atoms with Gasteiger partial charge in [-0.15, -0.1) is 11.8 Å². The lowest BCUT2D eigenvalue weighted by molar-refractivity contribution is 0.217. The summed E-state index contributed by atoms with van der Waals surface area (Å²) >= 11 is 1.89. The average molecular weight is 306 g/mol. The molecule has 1 aliphatic carbocycles. The van der Waals surface area contributed by atoms with Crippen LogP contribution in [0.3, 0.4) is 0 Å². The third kappa shape index (κ3) is 4.50. The first-order chi connectivity index (χ1) is 10.3. The Kier molecular flexibility index (Phi) is 7.12. The fraction of sp³-hybridized carbons (Fsp3) is 0.684. The topological polar surface area (TPSA) is 12.0 Å². The molecule has 0 heterocycles. The highest BCUT2D eigenvalue weighted by Gasteiger charge is 2.28. The molecule has 0 amide bonds. The van der Waals surface area contributed by atoms with Crippen molar-refractivity contribution in [1.82, 2.24) is 5.32 Å². The van der Waals surface area contributed by atoms with E-state index in [0.717, 1.165) is 18.4 Å². The molecule has 0 saturated heterocycles. The van der Waals surface area contributed by atoms with E-state index in [1.54, 1.807) is 0 Å². The molecule has 1 aliphatic rings. The number of rotatable bonds is 7. The van der Waals surface area contributed by atoms with Crippen molar-refractivity contribution in [3.8, 4) is 0 Å². The van der Waals surface area contributed by atoms with E-state index in [0.29, 0.717) is 6.04 Å². The summed E-state index contributed by atoms with van der Waals surface area (Å²) in [6, 6.07) is 9.53. The number of nitrogens with one attached hydrogen (secondary N) is 1. The molecule has 1 atom stereocenters. The van der Waals surface area contributed by atoms with Gasteiger partial charge in [-0.05, 0) is 55.5 Å². The summed E-state index contributed by atoms with van der Waals surface area (Å²) in [5, 5.41) is 3.85. The van der Waals surface area contributed by atoms with Crippen molar-refractivity contribution in [3.63, 3.8) is 0 Å². The van der Waals surface area contributed by atoms with E-state index in [1.165, 1.54) is 49.0 Å². The van der Waals surface area contributed by atoms with Gasteiger partial charge in [-0.2, -0.15) is 0 Å². The first-order valence-electron chi connectivity index (χ1n) is 8.66. The highest BCUT2D eigenvalue weighted by Crippen LogP contribution is 2.40. The molecule has 1 nitrogen and oxygen atoms in total. The maximum atomic E-state index is 3.85. The van der Waals surface area contributed by atoms with E-state index in [-0.39, 0.29) is 0 Å². The van der Waals surface area contributed by atoms with Crippen molar-refractivity contribution in [2.24, 2.45) is 11.8 Å². The van der Waals surface area contributed by atoms with Gasteiger partial charge in [0.05, 0.1) is 0 Å². The Morgan fingerprint density at radius 1 is 1.14 bits per heavy atom. The lowest BCUT2D eigenvalue weighted by Gasteiger charge is -2.35. The fourth-order valence-corrected chi connectivity index (χ4v) is 4.33. The lowest BCUT2D eigenvalue weighted by Crippen LogP contribution is -2.32. The predicted molar refractivity (Wildman–Crippen MR) is 95.0 cm³/mol. The summed E-state index contributed by atoms with van der Waals surface area (Å²) in [6.45, 7) is 5.74. The molecular formula is C19H31NS. The first kappa shape index (κ1) is 16.9. The zero-order valence-corrected chi connectivity index (χ0v) is 14.7. The smallest absolute Gasteiger partial charge is 0.0359 e. The van der Waals surface area contributed by atoms with Crippen molar-refractivity contribution in [2.75, 3.05) is 12.8 Å². The Morgan fingerprint density at radius 3 is 2.48 bits per heavy atom. The van der Waals surface area contributed by atoms with Crippen LogP contribution in [0, 0.1) is 11.8 Å². The number of thioether (sulfide) groups is 1. The number of hydrogen-bond acceptors (Lipinski definition) is 2. The Labute approximate surface area is 135 Å². The van der Waals surface area contributed by atoms with Crippen LogP contribution in [0.5, 0.6) is 0 Å². The summed E-state index contributed by atoms with van der Waals surface area (Å²) < 4.78 is 0. The molecule has 1 fully saturated rings. The van der Waals surface area contributed by atoms with Gasteiger partial charge in [-0.1, -0.05) is 51.3 Å². The molecule has 118 valence electrons. The Bertz CT molecular complexity index is 410. The summed E-state index contributed by atoms with van der Waals surface area (Å²) in [7, 11) is 0. The first-order valence-corrected chi connectivity index (χ1v) is 9.88. The van der Waals surface area contributed by atoms with Gasteiger partial charge < -0.3 is 5.32 Å². The SMILES string of the molecule is CCCNC(c1ccccc1SC)C1CCC(CC)CC1. The minimum Gasteiger partial charge on any atom is -0.310 e. The summed E-state index contributed by atoms with van der Waals surface area (Å²) in [5.74, 6) is 1.79. The molecule has 0 aliphatic heterocycles. The van der Waals surface area contributed by atoms with E-state index in [9.17, 15) is 0 Å². The number of benzene rings is 1. The van der Waals surface area contributed by atoms with E-state index in [4.69, 9.17) is 0 Å². The molecule has 1 N–H and O–H groups in total. The van der Waals surface area contributed by atoms with Crippen LogP contribution >= 0.6 is 11.8 Å². The highest BCUT2D eigenvalue weighted by atomic mass is 32.2. The van der Waals surface area contributed by atoms with Gasteiger partial charge in [-0.3, -0.25) is 0 Å². The molecule has 2 heteroatoms. The molecule has 2 rings (SSSR count). The summed E-state index contributed by atoms with van der Waals surface area (Å²) in [5.41, 5.74) is 1.53. The van der Waals surface area contributed by atoms with Crippen molar-refractivity contribution in [3.05, 3.63) is 29.8 Å². The standard InChI is InChI=1S/C19H31NS/c1-4-14-20-19(16-12-10-15(5-2)11-13-16)17-8-6-7-9-18(17)21-3/h6-9,15-16,19-20H,4-5,10-14H2,1-3H3. The third-order valence-corrected chi connectivity index (χ3v) is 5.84. The van der Waals surface area contributed by atoms with Crippen LogP contribution in [0.4, 0.5) is 0 Å². The molecule has 21 heavy (non-hydrogen) atoms. The van der Waals surface area contributed by atoms with Gasteiger partial charge >= 0.3 is 0 Å². The van der Waals surface area contributed by atoms with Crippen molar-refractivity contribution in [2.45, 2.75) is 63.3 Å². The second-order valence-electron chi connectivity index (χ2n) is 6.36. The van der Waals surface area contributed by atoms with E-state index >= 15 is 0 Å². The van der Waals surface area contributed by atoms with Gasteiger partial charge in [-0.25, -0.2) is 0 Å². The molecule has 1 saturated carbocycles. The van der Waals surface area contributed by atoms with E-state index < -0.39 is 0 Å². The second-order valence-corrected chi connectivity index (χ2v) is 7.21. The Hall–Kier alpha value is -0.470. The normalized spacial score (nSPS) is 24.0. The largest absolute Gasteiger partial charge is 0.310 e. The molecule has 1 aromatic rings. The van der Waals surface area contributed by atoms with Crippen LogP contribution in [0.1, 0.15) is 64.0 Å². The molecule has 0 spiro atoms. The Morgan fingerprint density at radius 2 is 1.86 bits per heavy atom. The zero-order chi connectivity index (χ0) is 15.1. The molecule has 0 radical (unpaired) electrons. The molecule has 0 bridgehead atoms. The highest BCUT2D eigenvalue weighted by molar-refractivity contribution is 7.98. The van der Waals surface area contributed by atoms with Crippen molar-refractivity contribution >= 4 is 11.8 Å². The zero-order valence-electron chi connectivity index (χ0n) is 13.9. The van der Waals surface area contributed by atoms with Gasteiger partial charge in [0.15, 0.2) is 0 Å². The van der Waals surface area contributed by atoms with Crippen molar-refractivity contribution in [1.29, 1.82) is 0 Å².